The van der Waals surface area contributed by atoms with Crippen LogP contribution in [0, 0.1) is 12.7 Å². The van der Waals surface area contributed by atoms with Crippen LogP contribution in [0.1, 0.15) is 35.6 Å². The lowest BCUT2D eigenvalue weighted by atomic mass is 9.91. The molecule has 1 aromatic carbocycles. The number of rotatable bonds is 5. The monoisotopic (exact) mass is 341 g/mol. The van der Waals surface area contributed by atoms with Gasteiger partial charge in [-0.2, -0.15) is 4.98 Å². The van der Waals surface area contributed by atoms with Crippen molar-refractivity contribution in [2.24, 2.45) is 0 Å². The van der Waals surface area contributed by atoms with Gasteiger partial charge in [0.05, 0.1) is 12.0 Å². The Labute approximate surface area is 145 Å². The van der Waals surface area contributed by atoms with Gasteiger partial charge < -0.3 is 13.8 Å². The van der Waals surface area contributed by atoms with Gasteiger partial charge in [-0.1, -0.05) is 11.2 Å². The van der Waals surface area contributed by atoms with Gasteiger partial charge in [-0.15, -0.1) is 0 Å². The van der Waals surface area contributed by atoms with Gasteiger partial charge in [0, 0.05) is 0 Å². The number of furan rings is 1. The van der Waals surface area contributed by atoms with Crippen LogP contribution in [-0.2, 0) is 12.0 Å². The number of aromatic nitrogens is 2. The van der Waals surface area contributed by atoms with Crippen LogP contribution in [0.3, 0.4) is 0 Å². The average Bonchev–Trinajstić information content (AvgIpc) is 3.00. The Morgan fingerprint density at radius 2 is 2.00 bits per heavy atom. The second kappa shape index (κ2) is 5.81. The van der Waals surface area contributed by atoms with E-state index in [-0.39, 0.29) is 11.2 Å². The normalized spacial score (nSPS) is 15.7. The fourth-order valence-electron chi connectivity index (χ4n) is 3.26. The van der Waals surface area contributed by atoms with Crippen LogP contribution < -0.4 is 0 Å². The van der Waals surface area contributed by atoms with Gasteiger partial charge in [0.1, 0.15) is 11.6 Å². The highest BCUT2D eigenvalue weighted by atomic mass is 19.1. The van der Waals surface area contributed by atoms with Crippen molar-refractivity contribution >= 4 is 0 Å². The molecule has 0 amide bonds. The van der Waals surface area contributed by atoms with E-state index >= 15 is 0 Å². The number of halogens is 1. The lowest BCUT2D eigenvalue weighted by Gasteiger charge is -2.14. The second-order valence-electron chi connectivity index (χ2n) is 6.97. The molecule has 0 bridgehead atoms. The summed E-state index contributed by atoms with van der Waals surface area (Å²) in [4.78, 5) is 6.57. The third kappa shape index (κ3) is 2.87. The first kappa shape index (κ1) is 16.0. The van der Waals surface area contributed by atoms with Gasteiger partial charge in [-0.05, 0) is 69.3 Å². The van der Waals surface area contributed by atoms with E-state index in [9.17, 15) is 4.39 Å². The molecule has 1 fully saturated rings. The summed E-state index contributed by atoms with van der Waals surface area (Å²) in [5.74, 6) is 2.11. The molecule has 25 heavy (non-hydrogen) atoms. The molecule has 2 aromatic heterocycles. The van der Waals surface area contributed by atoms with Gasteiger partial charge in [-0.3, -0.25) is 0 Å². The molecule has 5 nitrogen and oxygen atoms in total. The van der Waals surface area contributed by atoms with Crippen molar-refractivity contribution in [1.29, 1.82) is 0 Å². The molecule has 0 radical (unpaired) electrons. The Hall–Kier alpha value is -2.47. The Morgan fingerprint density at radius 1 is 1.20 bits per heavy atom. The summed E-state index contributed by atoms with van der Waals surface area (Å²) in [6, 6.07) is 8.60. The first-order valence-corrected chi connectivity index (χ1v) is 8.32. The molecule has 1 aliphatic carbocycles. The van der Waals surface area contributed by atoms with Gasteiger partial charge in [-0.25, -0.2) is 4.39 Å². The minimum atomic E-state index is -0.340. The van der Waals surface area contributed by atoms with Crippen LogP contribution in [0.2, 0.25) is 0 Å². The van der Waals surface area contributed by atoms with Crippen molar-refractivity contribution in [2.45, 2.75) is 31.7 Å². The molecule has 0 atom stereocenters. The summed E-state index contributed by atoms with van der Waals surface area (Å²) in [7, 11) is 3.95. The van der Waals surface area contributed by atoms with Crippen molar-refractivity contribution < 1.29 is 13.3 Å². The summed E-state index contributed by atoms with van der Waals surface area (Å²) in [6.07, 6.45) is 1.78. The minimum absolute atomic E-state index is 0.241. The lowest BCUT2D eigenvalue weighted by Crippen LogP contribution is -2.13. The first-order valence-electron chi connectivity index (χ1n) is 8.32. The molecule has 0 spiro atoms. The molecular formula is C19H20FN3O2. The third-order valence-corrected chi connectivity index (χ3v) is 4.66. The van der Waals surface area contributed by atoms with E-state index in [1.165, 1.54) is 6.07 Å². The van der Waals surface area contributed by atoms with Crippen LogP contribution in [-0.4, -0.2) is 29.1 Å². The van der Waals surface area contributed by atoms with Crippen LogP contribution in [0.25, 0.3) is 11.7 Å². The Bertz CT molecular complexity index is 909. The summed E-state index contributed by atoms with van der Waals surface area (Å²) in [5.41, 5.74) is 1.64. The Balaban J connectivity index is 1.65. The molecule has 2 heterocycles. The summed E-state index contributed by atoms with van der Waals surface area (Å²) < 4.78 is 24.9. The van der Waals surface area contributed by atoms with Crippen LogP contribution >= 0.6 is 0 Å². The molecule has 6 heteroatoms. The van der Waals surface area contributed by atoms with Crippen molar-refractivity contribution in [2.75, 3.05) is 14.1 Å². The number of benzene rings is 1. The molecule has 0 unspecified atom stereocenters. The molecule has 0 aliphatic heterocycles. The molecule has 4 rings (SSSR count). The number of nitrogens with zero attached hydrogens (tertiary/aromatic N) is 3. The Kier molecular flexibility index (Phi) is 3.72. The fourth-order valence-corrected chi connectivity index (χ4v) is 3.26. The van der Waals surface area contributed by atoms with Crippen molar-refractivity contribution in [3.8, 4) is 11.7 Å². The van der Waals surface area contributed by atoms with Crippen LogP contribution in [0.15, 0.2) is 39.3 Å². The van der Waals surface area contributed by atoms with Crippen molar-refractivity contribution in [3.05, 3.63) is 58.9 Å². The fraction of sp³-hybridized carbons (Fsp3) is 0.368. The number of hydrogen-bond acceptors (Lipinski definition) is 5. The van der Waals surface area contributed by atoms with Gasteiger partial charge in [0.25, 0.3) is 5.89 Å². The highest BCUT2D eigenvalue weighted by molar-refractivity contribution is 5.48. The second-order valence-corrected chi connectivity index (χ2v) is 6.97. The zero-order valence-electron chi connectivity index (χ0n) is 14.5. The minimum Gasteiger partial charge on any atom is -0.455 e. The molecule has 1 saturated carbocycles. The summed E-state index contributed by atoms with van der Waals surface area (Å²) >= 11 is 0. The van der Waals surface area contributed by atoms with Crippen LogP contribution in [0.4, 0.5) is 4.39 Å². The quantitative estimate of drug-likeness (QED) is 0.704. The maximum Gasteiger partial charge on any atom is 0.293 e. The molecule has 0 saturated heterocycles. The van der Waals surface area contributed by atoms with Gasteiger partial charge in [0.15, 0.2) is 11.6 Å². The van der Waals surface area contributed by atoms with E-state index in [2.05, 4.69) is 10.1 Å². The van der Waals surface area contributed by atoms with E-state index in [0.29, 0.717) is 24.0 Å². The van der Waals surface area contributed by atoms with E-state index in [0.717, 1.165) is 29.7 Å². The van der Waals surface area contributed by atoms with Gasteiger partial charge >= 0.3 is 0 Å². The van der Waals surface area contributed by atoms with Crippen molar-refractivity contribution in [3.63, 3.8) is 0 Å². The highest BCUT2D eigenvalue weighted by Gasteiger charge is 2.51. The summed E-state index contributed by atoms with van der Waals surface area (Å²) in [5, 5.41) is 4.17. The lowest BCUT2D eigenvalue weighted by molar-refractivity contribution is 0.347. The molecule has 0 N–H and O–H groups in total. The maximum absolute atomic E-state index is 13.7. The molecule has 130 valence electrons. The number of hydrogen-bond donors (Lipinski definition) is 0. The van der Waals surface area contributed by atoms with E-state index in [4.69, 9.17) is 8.94 Å². The Morgan fingerprint density at radius 3 is 2.72 bits per heavy atom. The number of aryl methyl sites for hydroxylation is 1. The summed E-state index contributed by atoms with van der Waals surface area (Å²) in [6.45, 7) is 2.68. The standard InChI is InChI=1S/C19H20FN3O2/c1-12-4-5-13(20)10-15(12)19(8-9-19)18-21-17(25-22-18)16-7-6-14(24-16)11-23(2)3/h4-7,10H,8-9,11H2,1-3H3. The van der Waals surface area contributed by atoms with Crippen LogP contribution in [0.5, 0.6) is 0 Å². The van der Waals surface area contributed by atoms with E-state index in [1.807, 2.05) is 38.1 Å². The van der Waals surface area contributed by atoms with Gasteiger partial charge in [0.2, 0.25) is 0 Å². The molecular weight excluding hydrogens is 321 g/mol. The predicted molar refractivity (Wildman–Crippen MR) is 90.5 cm³/mol. The maximum atomic E-state index is 13.7. The van der Waals surface area contributed by atoms with E-state index in [1.54, 1.807) is 12.1 Å². The van der Waals surface area contributed by atoms with Crippen molar-refractivity contribution in [1.82, 2.24) is 15.0 Å². The third-order valence-electron chi connectivity index (χ3n) is 4.66. The first-order chi connectivity index (χ1) is 12.0. The zero-order chi connectivity index (χ0) is 17.6. The van der Waals surface area contributed by atoms with E-state index < -0.39 is 0 Å². The zero-order valence-corrected chi connectivity index (χ0v) is 14.5. The predicted octanol–water partition coefficient (Wildman–Crippen LogP) is 3.92. The molecule has 1 aliphatic rings. The topological polar surface area (TPSA) is 55.3 Å². The smallest absolute Gasteiger partial charge is 0.293 e. The SMILES string of the molecule is Cc1ccc(F)cc1C1(c2noc(-c3ccc(CN(C)C)o3)n2)CC1. The average molecular weight is 341 g/mol. The highest BCUT2D eigenvalue weighted by Crippen LogP contribution is 2.53. The largest absolute Gasteiger partial charge is 0.455 e. The molecule has 3 aromatic rings.